The van der Waals surface area contributed by atoms with Gasteiger partial charge in [0.25, 0.3) is 0 Å². The van der Waals surface area contributed by atoms with Crippen LogP contribution in [0.3, 0.4) is 0 Å². The summed E-state index contributed by atoms with van der Waals surface area (Å²) < 4.78 is 27.2. The van der Waals surface area contributed by atoms with Crippen LogP contribution in [0.2, 0.25) is 0 Å². The number of anilines is 4. The molecule has 0 saturated carbocycles. The van der Waals surface area contributed by atoms with Gasteiger partial charge in [-0.15, -0.1) is 12.3 Å². The highest BCUT2D eigenvalue weighted by Gasteiger charge is 2.21. The second-order valence-corrected chi connectivity index (χ2v) is 6.39. The first-order chi connectivity index (χ1) is 14.6. The minimum Gasteiger partial charge on any atom is -0.486 e. The normalized spacial score (nSPS) is 12.3. The van der Waals surface area contributed by atoms with Gasteiger partial charge in [-0.1, -0.05) is 0 Å². The molecule has 3 heterocycles. The van der Waals surface area contributed by atoms with E-state index in [0.29, 0.717) is 48.4 Å². The summed E-state index contributed by atoms with van der Waals surface area (Å²) in [6.45, 7) is 0.709. The van der Waals surface area contributed by atoms with E-state index in [1.807, 2.05) is 0 Å². The molecule has 154 valence electrons. The van der Waals surface area contributed by atoms with Crippen molar-refractivity contribution in [2.45, 2.75) is 12.8 Å². The zero-order chi connectivity index (χ0) is 21.1. The van der Waals surface area contributed by atoms with Crippen molar-refractivity contribution in [1.29, 1.82) is 0 Å². The van der Waals surface area contributed by atoms with Crippen molar-refractivity contribution < 1.29 is 18.7 Å². The fourth-order valence-corrected chi connectivity index (χ4v) is 3.03. The van der Waals surface area contributed by atoms with Crippen LogP contribution in [-0.2, 0) is 4.79 Å². The maximum Gasteiger partial charge on any atom is 0.225 e. The summed E-state index contributed by atoms with van der Waals surface area (Å²) in [7, 11) is 1.72. The van der Waals surface area contributed by atoms with Crippen molar-refractivity contribution in [2.75, 3.05) is 36.2 Å². The number of amides is 1. The lowest BCUT2D eigenvalue weighted by Gasteiger charge is -2.22. The van der Waals surface area contributed by atoms with Crippen molar-refractivity contribution in [2.24, 2.45) is 0 Å². The minimum atomic E-state index is -0.511. The van der Waals surface area contributed by atoms with E-state index in [2.05, 4.69) is 32.0 Å². The van der Waals surface area contributed by atoms with E-state index in [9.17, 15) is 9.18 Å². The van der Waals surface area contributed by atoms with E-state index < -0.39 is 5.82 Å². The van der Waals surface area contributed by atoms with Gasteiger partial charge in [0, 0.05) is 26.0 Å². The van der Waals surface area contributed by atoms with Crippen LogP contribution in [0.5, 0.6) is 11.5 Å². The summed E-state index contributed by atoms with van der Waals surface area (Å²) in [5, 5.41) is 13.0. The predicted octanol–water partition coefficient (Wildman–Crippen LogP) is 2.78. The molecule has 1 aliphatic rings. The predicted molar refractivity (Wildman–Crippen MR) is 110 cm³/mol. The summed E-state index contributed by atoms with van der Waals surface area (Å²) in [4.78, 5) is 16.6. The molecule has 4 rings (SSSR count). The zero-order valence-electron chi connectivity index (χ0n) is 16.2. The smallest absolute Gasteiger partial charge is 0.225 e. The van der Waals surface area contributed by atoms with Crippen LogP contribution in [0.25, 0.3) is 5.65 Å². The van der Waals surface area contributed by atoms with Gasteiger partial charge in [-0.3, -0.25) is 4.79 Å². The molecule has 1 aromatic carbocycles. The number of nitrogens with one attached hydrogen (secondary N) is 3. The van der Waals surface area contributed by atoms with Crippen LogP contribution in [-0.4, -0.2) is 40.8 Å². The summed E-state index contributed by atoms with van der Waals surface area (Å²) in [6, 6.07) is 4.47. The third-order valence-electron chi connectivity index (χ3n) is 4.41. The lowest BCUT2D eigenvalue weighted by atomic mass is 10.2. The van der Waals surface area contributed by atoms with Crippen molar-refractivity contribution in [3.63, 3.8) is 0 Å². The SMILES string of the molecule is C#CCCC(=O)Nc1cnn2c(NC)cc(Nc3c(F)ccc4c3OCCO4)nc12. The zero-order valence-corrected chi connectivity index (χ0v) is 16.2. The molecule has 30 heavy (non-hydrogen) atoms. The van der Waals surface area contributed by atoms with E-state index in [1.54, 1.807) is 13.1 Å². The van der Waals surface area contributed by atoms with Gasteiger partial charge in [0.15, 0.2) is 23.0 Å². The van der Waals surface area contributed by atoms with Gasteiger partial charge in [0.05, 0.1) is 6.20 Å². The summed E-state index contributed by atoms with van der Waals surface area (Å²) in [5.41, 5.74) is 0.901. The summed E-state index contributed by atoms with van der Waals surface area (Å²) in [6.07, 6.45) is 7.21. The first-order valence-electron chi connectivity index (χ1n) is 9.25. The first-order valence-corrected chi connectivity index (χ1v) is 9.25. The Hall–Kier alpha value is -4.00. The van der Waals surface area contributed by atoms with Gasteiger partial charge in [0.1, 0.15) is 36.2 Å². The molecule has 1 aliphatic heterocycles. The first kappa shape index (κ1) is 19.3. The molecule has 0 radical (unpaired) electrons. The van der Waals surface area contributed by atoms with Crippen LogP contribution in [0.1, 0.15) is 12.8 Å². The average molecular weight is 410 g/mol. The van der Waals surface area contributed by atoms with E-state index in [-0.39, 0.29) is 23.8 Å². The van der Waals surface area contributed by atoms with E-state index in [0.717, 1.165) is 0 Å². The maximum absolute atomic E-state index is 14.5. The van der Waals surface area contributed by atoms with Gasteiger partial charge < -0.3 is 25.4 Å². The molecule has 2 aromatic heterocycles. The number of carbonyl (C=O) groups excluding carboxylic acids is 1. The number of rotatable bonds is 6. The Kier molecular flexibility index (Phi) is 5.26. The highest BCUT2D eigenvalue weighted by molar-refractivity contribution is 5.94. The second kappa shape index (κ2) is 8.16. The lowest BCUT2D eigenvalue weighted by molar-refractivity contribution is -0.116. The Balaban J connectivity index is 1.71. The lowest BCUT2D eigenvalue weighted by Crippen LogP contribution is -2.17. The van der Waals surface area contributed by atoms with E-state index >= 15 is 0 Å². The third kappa shape index (κ3) is 3.65. The third-order valence-corrected chi connectivity index (χ3v) is 4.41. The number of nitrogens with zero attached hydrogens (tertiary/aromatic N) is 3. The number of benzene rings is 1. The average Bonchev–Trinajstić information content (AvgIpc) is 3.16. The van der Waals surface area contributed by atoms with Gasteiger partial charge in [-0.25, -0.2) is 9.37 Å². The molecule has 0 fully saturated rings. The van der Waals surface area contributed by atoms with Crippen LogP contribution in [0.15, 0.2) is 24.4 Å². The molecule has 0 aliphatic carbocycles. The number of ether oxygens (including phenoxy) is 2. The molecular formula is C20H19FN6O3. The molecule has 10 heteroatoms. The van der Waals surface area contributed by atoms with Crippen molar-refractivity contribution >= 4 is 34.6 Å². The Bertz CT molecular complexity index is 1150. The minimum absolute atomic E-state index is 0.116. The summed E-state index contributed by atoms with van der Waals surface area (Å²) in [5.74, 6) is 3.30. The van der Waals surface area contributed by atoms with Gasteiger partial charge in [-0.2, -0.15) is 9.61 Å². The fraction of sp³-hybridized carbons (Fsp3) is 0.250. The molecular weight excluding hydrogens is 391 g/mol. The van der Waals surface area contributed by atoms with E-state index in [4.69, 9.17) is 15.9 Å². The van der Waals surface area contributed by atoms with Crippen molar-refractivity contribution in [1.82, 2.24) is 14.6 Å². The molecule has 9 nitrogen and oxygen atoms in total. The van der Waals surface area contributed by atoms with Crippen LogP contribution in [0.4, 0.5) is 27.4 Å². The number of aromatic nitrogens is 3. The van der Waals surface area contributed by atoms with Crippen LogP contribution < -0.4 is 25.4 Å². The monoisotopic (exact) mass is 410 g/mol. The highest BCUT2D eigenvalue weighted by atomic mass is 19.1. The number of carbonyl (C=O) groups is 1. The summed E-state index contributed by atoms with van der Waals surface area (Å²) >= 11 is 0. The molecule has 0 bridgehead atoms. The van der Waals surface area contributed by atoms with Crippen LogP contribution in [0, 0.1) is 18.2 Å². The Morgan fingerprint density at radius 1 is 1.37 bits per heavy atom. The molecule has 1 amide bonds. The largest absolute Gasteiger partial charge is 0.486 e. The topological polar surface area (TPSA) is 102 Å². The van der Waals surface area contributed by atoms with Crippen molar-refractivity contribution in [3.05, 3.63) is 30.2 Å². The number of fused-ring (bicyclic) bond motifs is 2. The number of hydrogen-bond donors (Lipinski definition) is 3. The molecule has 0 unspecified atom stereocenters. The highest BCUT2D eigenvalue weighted by Crippen LogP contribution is 2.40. The second-order valence-electron chi connectivity index (χ2n) is 6.39. The Labute approximate surface area is 171 Å². The molecule has 3 N–H and O–H groups in total. The number of halogens is 1. The number of hydrogen-bond acceptors (Lipinski definition) is 7. The Morgan fingerprint density at radius 2 is 2.20 bits per heavy atom. The quantitative estimate of drug-likeness (QED) is 0.537. The van der Waals surface area contributed by atoms with Gasteiger partial charge in [-0.05, 0) is 12.1 Å². The maximum atomic E-state index is 14.5. The standard InChI is InChI=1S/C20H19FN6O3/c1-3-4-5-17(28)24-13-11-23-27-16(22-2)10-15(26-20(13)27)25-18-12(21)6-7-14-19(18)30-9-8-29-14/h1,6-7,10-11,22H,4-5,8-9H2,2H3,(H,24,28)(H,25,26). The van der Waals surface area contributed by atoms with E-state index in [1.165, 1.54) is 22.8 Å². The van der Waals surface area contributed by atoms with Crippen molar-refractivity contribution in [3.8, 4) is 23.8 Å². The Morgan fingerprint density at radius 3 is 3.00 bits per heavy atom. The number of terminal acetylenes is 1. The molecule has 3 aromatic rings. The fourth-order valence-electron chi connectivity index (χ4n) is 3.03. The van der Waals surface area contributed by atoms with Gasteiger partial charge >= 0.3 is 0 Å². The molecule has 0 atom stereocenters. The van der Waals surface area contributed by atoms with Crippen LogP contribution >= 0.6 is 0 Å². The molecule has 0 saturated heterocycles. The van der Waals surface area contributed by atoms with Gasteiger partial charge in [0.2, 0.25) is 5.91 Å². The molecule has 0 spiro atoms.